The zero-order chi connectivity index (χ0) is 25.4. The Hall–Kier alpha value is -4.40. The number of hydrogen-bond donors (Lipinski definition) is 0. The molecule has 2 aromatic heterocycles. The fraction of sp³-hybridized carbons (Fsp3) is 0.222. The molecule has 1 amide bonds. The molecule has 1 atom stereocenters. The van der Waals surface area contributed by atoms with Gasteiger partial charge in [-0.2, -0.15) is 4.39 Å². The van der Waals surface area contributed by atoms with Gasteiger partial charge in [-0.3, -0.25) is 18.9 Å². The Morgan fingerprint density at radius 1 is 1.17 bits per heavy atom. The normalized spacial score (nSPS) is 15.3. The molecule has 2 aromatic carbocycles. The number of carbonyl (C=O) groups is 1. The minimum Gasteiger partial charge on any atom is -0.494 e. The number of ether oxygens (including phenoxy) is 2. The molecule has 1 aliphatic rings. The number of hydrogen-bond acceptors (Lipinski definition) is 5. The van der Waals surface area contributed by atoms with E-state index in [2.05, 4.69) is 11.6 Å². The maximum Gasteiger partial charge on any atom is 0.334 e. The van der Waals surface area contributed by atoms with E-state index in [1.165, 1.54) is 25.3 Å². The van der Waals surface area contributed by atoms with Crippen molar-refractivity contribution in [2.45, 2.75) is 19.4 Å². The smallest absolute Gasteiger partial charge is 0.334 e. The number of methoxy groups -OCH3 is 1. The Morgan fingerprint density at radius 3 is 2.64 bits per heavy atom. The van der Waals surface area contributed by atoms with Gasteiger partial charge in [0.1, 0.15) is 5.75 Å². The van der Waals surface area contributed by atoms with Gasteiger partial charge >= 0.3 is 5.69 Å². The Morgan fingerprint density at radius 2 is 1.92 bits per heavy atom. The maximum atomic E-state index is 14.5. The van der Waals surface area contributed by atoms with Crippen molar-refractivity contribution in [2.75, 3.05) is 20.2 Å². The molecule has 8 nitrogen and oxygen atoms in total. The average molecular weight is 489 g/mol. The highest BCUT2D eigenvalue weighted by Gasteiger charge is 2.30. The summed E-state index contributed by atoms with van der Waals surface area (Å²) in [7, 11) is 1.39. The average Bonchev–Trinajstić information content (AvgIpc) is 3.48. The molecule has 0 N–H and O–H groups in total. The second kappa shape index (κ2) is 9.33. The summed E-state index contributed by atoms with van der Waals surface area (Å²) < 4.78 is 28.6. The van der Waals surface area contributed by atoms with Crippen molar-refractivity contribution in [3.05, 3.63) is 89.4 Å². The maximum absolute atomic E-state index is 14.5. The van der Waals surface area contributed by atoms with Crippen LogP contribution in [0, 0.1) is 12.7 Å². The third-order valence-corrected chi connectivity index (χ3v) is 6.45. The number of amides is 1. The number of nitrogens with zero attached hydrogens (tertiary/aromatic N) is 4. The first kappa shape index (κ1) is 23.3. The first-order valence-electron chi connectivity index (χ1n) is 11.5. The van der Waals surface area contributed by atoms with Crippen molar-refractivity contribution in [1.82, 2.24) is 19.0 Å². The second-order valence-electron chi connectivity index (χ2n) is 8.61. The summed E-state index contributed by atoms with van der Waals surface area (Å²) in [6, 6.07) is 11.3. The number of halogens is 1. The number of imidazole rings is 1. The van der Waals surface area contributed by atoms with Gasteiger partial charge in [-0.1, -0.05) is 12.6 Å². The van der Waals surface area contributed by atoms with E-state index in [0.29, 0.717) is 36.5 Å². The number of fused-ring (bicyclic) bond motifs is 1. The highest BCUT2D eigenvalue weighted by atomic mass is 19.1. The summed E-state index contributed by atoms with van der Waals surface area (Å²) in [5, 5.41) is 0. The lowest BCUT2D eigenvalue weighted by Gasteiger charge is -2.15. The highest BCUT2D eigenvalue weighted by molar-refractivity contribution is 5.87. The monoisotopic (exact) mass is 488 g/mol. The molecule has 5 rings (SSSR count). The number of aryl methyl sites for hydroxylation is 1. The molecule has 9 heteroatoms. The summed E-state index contributed by atoms with van der Waals surface area (Å²) >= 11 is 0. The Bertz CT molecular complexity index is 1520. The number of carbonyl (C=O) groups excluding carboxylic acids is 1. The second-order valence-corrected chi connectivity index (χ2v) is 8.61. The SMILES string of the molecule is C=CC(=O)N1CCC(n2c(=O)n(-c3ccc(Oc4cccc(OC)c4F)cc3)c3cncc(C)c32)C1. The fourth-order valence-electron chi connectivity index (χ4n) is 4.71. The summed E-state index contributed by atoms with van der Waals surface area (Å²) in [5.41, 5.74) is 2.72. The lowest BCUT2D eigenvalue weighted by atomic mass is 10.2. The number of benzene rings is 2. The van der Waals surface area contributed by atoms with Gasteiger partial charge in [0.05, 0.1) is 36.1 Å². The van der Waals surface area contributed by atoms with Gasteiger partial charge in [0.15, 0.2) is 11.5 Å². The molecular weight excluding hydrogens is 463 g/mol. The van der Waals surface area contributed by atoms with E-state index in [9.17, 15) is 14.0 Å². The number of rotatable bonds is 6. The van der Waals surface area contributed by atoms with Crippen LogP contribution < -0.4 is 15.2 Å². The highest BCUT2D eigenvalue weighted by Crippen LogP contribution is 2.32. The standard InChI is InChI=1S/C27H25FN4O4/c1-4-24(33)30-13-12-19(16-30)32-26-17(2)14-29-15-21(26)31(27(32)34)18-8-10-20(11-9-18)36-23-7-5-6-22(35-3)25(23)28/h4-11,14-15,19H,1,12-13,16H2,2-3H3. The van der Waals surface area contributed by atoms with Crippen LogP contribution in [0.5, 0.6) is 17.2 Å². The number of likely N-dealkylation sites (tertiary alicyclic amines) is 1. The molecule has 0 aliphatic carbocycles. The molecule has 0 spiro atoms. The van der Waals surface area contributed by atoms with Gasteiger partial charge in [0.2, 0.25) is 11.7 Å². The summed E-state index contributed by atoms with van der Waals surface area (Å²) in [4.78, 5) is 31.9. The fourth-order valence-corrected chi connectivity index (χ4v) is 4.71. The van der Waals surface area contributed by atoms with Gasteiger partial charge in [0, 0.05) is 19.3 Å². The zero-order valence-corrected chi connectivity index (χ0v) is 20.0. The van der Waals surface area contributed by atoms with E-state index in [-0.39, 0.29) is 29.1 Å². The van der Waals surface area contributed by atoms with Crippen molar-refractivity contribution in [3.8, 4) is 22.9 Å². The van der Waals surface area contributed by atoms with Crippen LogP contribution in [0.15, 0.2) is 72.3 Å². The Balaban J connectivity index is 1.52. The van der Waals surface area contributed by atoms with Crippen LogP contribution in [-0.2, 0) is 4.79 Å². The zero-order valence-electron chi connectivity index (χ0n) is 20.0. The molecule has 1 aliphatic heterocycles. The van der Waals surface area contributed by atoms with Crippen LogP contribution in [0.2, 0.25) is 0 Å². The van der Waals surface area contributed by atoms with E-state index in [4.69, 9.17) is 9.47 Å². The van der Waals surface area contributed by atoms with Gasteiger partial charge < -0.3 is 14.4 Å². The van der Waals surface area contributed by atoms with Crippen LogP contribution in [0.1, 0.15) is 18.0 Å². The lowest BCUT2D eigenvalue weighted by Crippen LogP contribution is -2.31. The molecule has 0 saturated carbocycles. The molecule has 4 aromatic rings. The van der Waals surface area contributed by atoms with E-state index in [0.717, 1.165) is 11.1 Å². The molecule has 1 unspecified atom stereocenters. The van der Waals surface area contributed by atoms with Crippen LogP contribution in [-0.4, -0.2) is 45.1 Å². The van der Waals surface area contributed by atoms with Crippen molar-refractivity contribution in [3.63, 3.8) is 0 Å². The van der Waals surface area contributed by atoms with Crippen molar-refractivity contribution < 1.29 is 18.7 Å². The van der Waals surface area contributed by atoms with Gasteiger partial charge in [-0.05, 0) is 61.4 Å². The molecule has 3 heterocycles. The minimum atomic E-state index is -0.592. The van der Waals surface area contributed by atoms with Gasteiger partial charge in [-0.15, -0.1) is 0 Å². The number of aromatic nitrogens is 3. The predicted octanol–water partition coefficient (Wildman–Crippen LogP) is 4.40. The molecule has 1 fully saturated rings. The van der Waals surface area contributed by atoms with E-state index in [1.54, 1.807) is 56.8 Å². The van der Waals surface area contributed by atoms with E-state index in [1.807, 2.05) is 6.92 Å². The summed E-state index contributed by atoms with van der Waals surface area (Å²) in [6.45, 7) is 6.48. The predicted molar refractivity (Wildman–Crippen MR) is 134 cm³/mol. The third kappa shape index (κ3) is 3.92. The first-order chi connectivity index (χ1) is 17.4. The molecular formula is C27H25FN4O4. The third-order valence-electron chi connectivity index (χ3n) is 6.45. The Labute approximate surface area is 206 Å². The molecule has 36 heavy (non-hydrogen) atoms. The molecule has 184 valence electrons. The molecule has 1 saturated heterocycles. The summed E-state index contributed by atoms with van der Waals surface area (Å²) in [6.07, 6.45) is 5.35. The van der Waals surface area contributed by atoms with E-state index < -0.39 is 5.82 Å². The number of pyridine rings is 1. The van der Waals surface area contributed by atoms with Gasteiger partial charge in [-0.25, -0.2) is 4.79 Å². The van der Waals surface area contributed by atoms with Crippen molar-refractivity contribution in [1.29, 1.82) is 0 Å². The first-order valence-corrected chi connectivity index (χ1v) is 11.5. The van der Waals surface area contributed by atoms with Crippen LogP contribution in [0.25, 0.3) is 16.7 Å². The molecule has 0 bridgehead atoms. The van der Waals surface area contributed by atoms with Crippen molar-refractivity contribution in [2.24, 2.45) is 0 Å². The topological polar surface area (TPSA) is 78.6 Å². The van der Waals surface area contributed by atoms with Crippen LogP contribution in [0.4, 0.5) is 4.39 Å². The quantitative estimate of drug-likeness (QED) is 0.376. The largest absolute Gasteiger partial charge is 0.494 e. The minimum absolute atomic E-state index is 0.0375. The van der Waals surface area contributed by atoms with Crippen molar-refractivity contribution >= 4 is 16.9 Å². The van der Waals surface area contributed by atoms with E-state index >= 15 is 0 Å². The van der Waals surface area contributed by atoms with Gasteiger partial charge in [0.25, 0.3) is 0 Å². The summed E-state index contributed by atoms with van der Waals surface area (Å²) in [5.74, 6) is -0.199. The van der Waals surface area contributed by atoms with Crippen LogP contribution in [0.3, 0.4) is 0 Å². The molecule has 0 radical (unpaired) electrons. The van der Waals surface area contributed by atoms with Crippen LogP contribution >= 0.6 is 0 Å². The Kier molecular flexibility index (Phi) is 6.05. The lowest BCUT2D eigenvalue weighted by molar-refractivity contribution is -0.125.